The van der Waals surface area contributed by atoms with E-state index >= 15 is 0 Å². The molecule has 7 heteroatoms. The highest BCUT2D eigenvalue weighted by Crippen LogP contribution is 2.23. The third-order valence-electron chi connectivity index (χ3n) is 2.60. The molecule has 0 unspecified atom stereocenters. The second kappa shape index (κ2) is 6.94. The molecule has 2 aromatic rings. The average Bonchev–Trinajstić information content (AvgIpc) is 2.84. The van der Waals surface area contributed by atoms with Gasteiger partial charge in [-0.3, -0.25) is 4.79 Å². The number of carboxylic acid groups (broad SMARTS) is 1. The highest BCUT2D eigenvalue weighted by atomic mass is 32.2. The smallest absolute Gasteiger partial charge is 0.336 e. The standard InChI is InChI=1S/C14H14N2O4S/c1-9-8-12(16-20-9)15-13(17)6-7-21-11-5-3-2-4-10(11)14(18)19/h2-5,8H,6-7H2,1H3,(H,18,19)(H,15,16,17). The van der Waals surface area contributed by atoms with Gasteiger partial charge in [0.05, 0.1) is 5.56 Å². The molecule has 0 fully saturated rings. The Kier molecular flexibility index (Phi) is 4.99. The van der Waals surface area contributed by atoms with Crippen LogP contribution in [-0.2, 0) is 4.79 Å². The summed E-state index contributed by atoms with van der Waals surface area (Å²) in [5, 5.41) is 15.3. The van der Waals surface area contributed by atoms with E-state index in [-0.39, 0.29) is 17.9 Å². The summed E-state index contributed by atoms with van der Waals surface area (Å²) in [6.45, 7) is 1.74. The van der Waals surface area contributed by atoms with Crippen molar-refractivity contribution < 1.29 is 19.2 Å². The molecule has 0 aliphatic heterocycles. The minimum absolute atomic E-state index is 0.191. The SMILES string of the molecule is Cc1cc(NC(=O)CCSc2ccccc2C(=O)O)no1. The van der Waals surface area contributed by atoms with Crippen molar-refractivity contribution in [1.82, 2.24) is 5.16 Å². The first kappa shape index (κ1) is 15.1. The maximum Gasteiger partial charge on any atom is 0.336 e. The minimum atomic E-state index is -0.972. The molecule has 0 saturated carbocycles. The summed E-state index contributed by atoms with van der Waals surface area (Å²) in [4.78, 5) is 23.4. The first-order chi connectivity index (χ1) is 10.1. The summed E-state index contributed by atoms with van der Waals surface area (Å²) in [7, 11) is 0. The van der Waals surface area contributed by atoms with E-state index in [9.17, 15) is 9.59 Å². The maximum atomic E-state index is 11.7. The number of carbonyl (C=O) groups excluding carboxylic acids is 1. The van der Waals surface area contributed by atoms with Gasteiger partial charge in [0.25, 0.3) is 0 Å². The van der Waals surface area contributed by atoms with Crippen molar-refractivity contribution in [2.75, 3.05) is 11.1 Å². The summed E-state index contributed by atoms with van der Waals surface area (Å²) < 4.78 is 4.85. The molecule has 1 aromatic heterocycles. The largest absolute Gasteiger partial charge is 0.478 e. The number of benzene rings is 1. The zero-order chi connectivity index (χ0) is 15.2. The predicted molar refractivity (Wildman–Crippen MR) is 78.6 cm³/mol. The molecule has 0 radical (unpaired) electrons. The van der Waals surface area contributed by atoms with Crippen molar-refractivity contribution in [3.8, 4) is 0 Å². The lowest BCUT2D eigenvalue weighted by atomic mass is 10.2. The van der Waals surface area contributed by atoms with Gasteiger partial charge in [0.2, 0.25) is 5.91 Å². The average molecular weight is 306 g/mol. The number of nitrogens with one attached hydrogen (secondary N) is 1. The second-order valence-electron chi connectivity index (χ2n) is 4.27. The Balaban J connectivity index is 1.84. The number of aromatic carboxylic acids is 1. The van der Waals surface area contributed by atoms with Crippen LogP contribution >= 0.6 is 11.8 Å². The van der Waals surface area contributed by atoms with Gasteiger partial charge in [0.1, 0.15) is 5.76 Å². The summed E-state index contributed by atoms with van der Waals surface area (Å²) in [5.41, 5.74) is 0.245. The third kappa shape index (κ3) is 4.35. The van der Waals surface area contributed by atoms with E-state index in [2.05, 4.69) is 10.5 Å². The molecule has 0 aliphatic carbocycles. The molecule has 2 N–H and O–H groups in total. The topological polar surface area (TPSA) is 92.4 Å². The summed E-state index contributed by atoms with van der Waals surface area (Å²) in [5.74, 6) is 0.320. The Hall–Kier alpha value is -2.28. The second-order valence-corrected chi connectivity index (χ2v) is 5.41. The van der Waals surface area contributed by atoms with Crippen LogP contribution in [0, 0.1) is 6.92 Å². The van der Waals surface area contributed by atoms with Crippen molar-refractivity contribution in [2.45, 2.75) is 18.2 Å². The molecule has 1 heterocycles. The molecule has 0 spiro atoms. The van der Waals surface area contributed by atoms with Gasteiger partial charge in [0, 0.05) is 23.1 Å². The van der Waals surface area contributed by atoms with E-state index in [0.29, 0.717) is 22.2 Å². The monoisotopic (exact) mass is 306 g/mol. The van der Waals surface area contributed by atoms with Gasteiger partial charge in [-0.2, -0.15) is 0 Å². The molecule has 1 aromatic carbocycles. The van der Waals surface area contributed by atoms with Gasteiger partial charge in [-0.15, -0.1) is 11.8 Å². The number of hydrogen-bond acceptors (Lipinski definition) is 5. The first-order valence-corrected chi connectivity index (χ1v) is 7.23. The van der Waals surface area contributed by atoms with Crippen LogP contribution in [0.1, 0.15) is 22.5 Å². The van der Waals surface area contributed by atoms with Gasteiger partial charge < -0.3 is 14.9 Å². The van der Waals surface area contributed by atoms with Crippen LogP contribution in [0.5, 0.6) is 0 Å². The molecule has 2 rings (SSSR count). The molecule has 21 heavy (non-hydrogen) atoms. The summed E-state index contributed by atoms with van der Waals surface area (Å²) in [6.07, 6.45) is 0.254. The summed E-state index contributed by atoms with van der Waals surface area (Å²) in [6, 6.07) is 8.35. The fourth-order valence-corrected chi connectivity index (χ4v) is 2.65. The number of aromatic nitrogens is 1. The van der Waals surface area contributed by atoms with Crippen LogP contribution in [-0.4, -0.2) is 27.9 Å². The van der Waals surface area contributed by atoms with Crippen LogP contribution < -0.4 is 5.32 Å². The van der Waals surface area contributed by atoms with E-state index < -0.39 is 5.97 Å². The van der Waals surface area contributed by atoms with Crippen LogP contribution in [0.15, 0.2) is 39.8 Å². The number of carboxylic acids is 1. The molecule has 0 saturated heterocycles. The van der Waals surface area contributed by atoms with Gasteiger partial charge in [-0.25, -0.2) is 4.79 Å². The molecular formula is C14H14N2O4S. The van der Waals surface area contributed by atoms with Crippen LogP contribution in [0.2, 0.25) is 0 Å². The van der Waals surface area contributed by atoms with Crippen molar-refractivity contribution in [1.29, 1.82) is 0 Å². The third-order valence-corrected chi connectivity index (χ3v) is 3.67. The van der Waals surface area contributed by atoms with Gasteiger partial charge in [0.15, 0.2) is 5.82 Å². The molecule has 0 aliphatic rings. The highest BCUT2D eigenvalue weighted by molar-refractivity contribution is 7.99. The number of hydrogen-bond donors (Lipinski definition) is 2. The van der Waals surface area contributed by atoms with Crippen molar-refractivity contribution in [3.05, 3.63) is 41.7 Å². The lowest BCUT2D eigenvalue weighted by Crippen LogP contribution is -2.12. The minimum Gasteiger partial charge on any atom is -0.478 e. The normalized spacial score (nSPS) is 10.3. The Labute approximate surface area is 125 Å². The number of anilines is 1. The Morgan fingerprint density at radius 1 is 1.38 bits per heavy atom. The number of nitrogens with zero attached hydrogens (tertiary/aromatic N) is 1. The molecular weight excluding hydrogens is 292 g/mol. The molecule has 1 amide bonds. The van der Waals surface area contributed by atoms with Crippen LogP contribution in [0.4, 0.5) is 5.82 Å². The van der Waals surface area contributed by atoms with Crippen molar-refractivity contribution in [2.24, 2.45) is 0 Å². The number of rotatable bonds is 6. The van der Waals surface area contributed by atoms with Crippen molar-refractivity contribution >= 4 is 29.5 Å². The summed E-state index contributed by atoms with van der Waals surface area (Å²) >= 11 is 1.33. The molecule has 110 valence electrons. The van der Waals surface area contributed by atoms with E-state index in [1.165, 1.54) is 11.8 Å². The zero-order valence-electron chi connectivity index (χ0n) is 11.3. The first-order valence-electron chi connectivity index (χ1n) is 6.24. The van der Waals surface area contributed by atoms with Gasteiger partial charge in [-0.1, -0.05) is 17.3 Å². The Bertz CT molecular complexity index is 654. The van der Waals surface area contributed by atoms with Gasteiger partial charge in [-0.05, 0) is 19.1 Å². The van der Waals surface area contributed by atoms with Crippen LogP contribution in [0.25, 0.3) is 0 Å². The lowest BCUT2D eigenvalue weighted by molar-refractivity contribution is -0.115. The number of thioether (sulfide) groups is 1. The van der Waals surface area contributed by atoms with E-state index in [0.717, 1.165) is 0 Å². The van der Waals surface area contributed by atoms with E-state index in [1.807, 2.05) is 0 Å². The quantitative estimate of drug-likeness (QED) is 0.797. The number of carbonyl (C=O) groups is 2. The molecule has 0 atom stereocenters. The van der Waals surface area contributed by atoms with Crippen LogP contribution in [0.3, 0.4) is 0 Å². The number of amides is 1. The lowest BCUT2D eigenvalue weighted by Gasteiger charge is -2.05. The highest BCUT2D eigenvalue weighted by Gasteiger charge is 2.11. The Morgan fingerprint density at radius 2 is 2.14 bits per heavy atom. The Morgan fingerprint density at radius 3 is 2.81 bits per heavy atom. The number of aryl methyl sites for hydroxylation is 1. The molecule has 0 bridgehead atoms. The zero-order valence-corrected chi connectivity index (χ0v) is 12.1. The van der Waals surface area contributed by atoms with Crippen molar-refractivity contribution in [3.63, 3.8) is 0 Å². The fraction of sp³-hybridized carbons (Fsp3) is 0.214. The van der Waals surface area contributed by atoms with E-state index in [4.69, 9.17) is 9.63 Å². The maximum absolute atomic E-state index is 11.7. The predicted octanol–water partition coefficient (Wildman–Crippen LogP) is 2.80. The molecule has 6 nitrogen and oxygen atoms in total. The van der Waals surface area contributed by atoms with Gasteiger partial charge >= 0.3 is 5.97 Å². The van der Waals surface area contributed by atoms with E-state index in [1.54, 1.807) is 37.3 Å². The fourth-order valence-electron chi connectivity index (χ4n) is 1.65.